The minimum Gasteiger partial charge on any atom is -0.382 e. The van der Waals surface area contributed by atoms with Crippen LogP contribution in [0.3, 0.4) is 0 Å². The molecule has 0 amide bonds. The monoisotopic (exact) mass is 487 g/mol. The van der Waals surface area contributed by atoms with Crippen LogP contribution in [0.4, 0.5) is 23.3 Å². The van der Waals surface area contributed by atoms with E-state index < -0.39 is 6.10 Å². The molecule has 1 aliphatic heterocycles. The Balaban J connectivity index is 2.01. The van der Waals surface area contributed by atoms with Gasteiger partial charge in [-0.3, -0.25) is 0 Å². The second-order valence-electron chi connectivity index (χ2n) is 8.16. The zero-order valence-corrected chi connectivity index (χ0v) is 21.0. The molecule has 2 aromatic heterocycles. The van der Waals surface area contributed by atoms with Crippen LogP contribution >= 0.6 is 0 Å². The molecule has 0 aromatic carbocycles. The Labute approximate surface area is 206 Å². The van der Waals surface area contributed by atoms with Crippen LogP contribution in [0, 0.1) is 5.41 Å². The Bertz CT molecular complexity index is 932. The lowest BCUT2D eigenvalue weighted by Crippen LogP contribution is -2.50. The third-order valence-electron chi connectivity index (χ3n) is 5.45. The molecule has 1 saturated heterocycles. The number of aromatic nitrogens is 4. The van der Waals surface area contributed by atoms with E-state index in [4.69, 9.17) is 29.6 Å². The highest BCUT2D eigenvalue weighted by Crippen LogP contribution is 2.30. The van der Waals surface area contributed by atoms with Crippen molar-refractivity contribution in [2.45, 2.75) is 32.9 Å². The number of rotatable bonds is 14. The Morgan fingerprint density at radius 1 is 1.31 bits per heavy atom. The van der Waals surface area contributed by atoms with E-state index in [-0.39, 0.29) is 5.71 Å². The van der Waals surface area contributed by atoms with Crippen LogP contribution in [0.2, 0.25) is 0 Å². The topological polar surface area (TPSA) is 142 Å². The van der Waals surface area contributed by atoms with Crippen LogP contribution < -0.4 is 20.9 Å². The fraction of sp³-hybridized carbons (Fsp3) is 0.609. The molecule has 35 heavy (non-hydrogen) atoms. The fourth-order valence-corrected chi connectivity index (χ4v) is 3.62. The molecule has 12 nitrogen and oxygen atoms in total. The quantitative estimate of drug-likeness (QED) is 0.228. The molecule has 0 radical (unpaired) electrons. The van der Waals surface area contributed by atoms with Gasteiger partial charge in [-0.2, -0.15) is 4.98 Å². The average Bonchev–Trinajstić information content (AvgIpc) is 2.87. The molecule has 192 valence electrons. The Kier molecular flexibility index (Phi) is 10.5. The van der Waals surface area contributed by atoms with Crippen LogP contribution in [-0.4, -0.2) is 97.5 Å². The van der Waals surface area contributed by atoms with Gasteiger partial charge in [-0.25, -0.2) is 15.0 Å². The molecule has 0 spiro atoms. The van der Waals surface area contributed by atoms with Crippen molar-refractivity contribution in [1.82, 2.24) is 25.3 Å². The van der Waals surface area contributed by atoms with Crippen LogP contribution in [0.15, 0.2) is 18.6 Å². The molecule has 2 atom stereocenters. The largest absolute Gasteiger partial charge is 0.382 e. The smallest absolute Gasteiger partial charge is 0.228 e. The summed E-state index contributed by atoms with van der Waals surface area (Å²) in [6.07, 6.45) is 2.64. The standard InChI is InChI=1S/C23H37N9O3/c1-5-34-11-9-27-21-20(19(24)17(3)35-13-12-33-4)30-23(32-10-8-26-16(2)14-32)31-22(21)29-18-6-7-25-15-28-18/h6-7,15-17,24,26-27H,5,8-14H2,1-4H3,(H,25,28,29,30,31)/t16-,17?/m1/s1. The second-order valence-corrected chi connectivity index (χ2v) is 8.16. The first-order chi connectivity index (χ1) is 17.0. The molecule has 1 aliphatic rings. The molecule has 3 heterocycles. The van der Waals surface area contributed by atoms with E-state index in [9.17, 15) is 0 Å². The van der Waals surface area contributed by atoms with Crippen molar-refractivity contribution in [2.75, 3.05) is 75.2 Å². The number of piperazine rings is 1. The fourth-order valence-electron chi connectivity index (χ4n) is 3.62. The van der Waals surface area contributed by atoms with Gasteiger partial charge in [0, 0.05) is 52.1 Å². The molecule has 0 aliphatic carbocycles. The predicted octanol–water partition coefficient (Wildman–Crippen LogP) is 1.68. The molecular formula is C23H37N9O3. The van der Waals surface area contributed by atoms with E-state index in [1.54, 1.807) is 19.4 Å². The van der Waals surface area contributed by atoms with E-state index in [0.717, 1.165) is 19.6 Å². The van der Waals surface area contributed by atoms with Crippen molar-refractivity contribution in [2.24, 2.45) is 0 Å². The van der Waals surface area contributed by atoms with Gasteiger partial charge in [0.25, 0.3) is 0 Å². The summed E-state index contributed by atoms with van der Waals surface area (Å²) in [5, 5.41) is 19.0. The maximum absolute atomic E-state index is 8.94. The maximum Gasteiger partial charge on any atom is 0.228 e. The molecule has 1 unspecified atom stereocenters. The molecule has 12 heteroatoms. The van der Waals surface area contributed by atoms with Crippen molar-refractivity contribution in [1.29, 1.82) is 5.41 Å². The highest BCUT2D eigenvalue weighted by atomic mass is 16.5. The van der Waals surface area contributed by atoms with E-state index in [0.29, 0.717) is 68.0 Å². The van der Waals surface area contributed by atoms with E-state index in [2.05, 4.69) is 37.7 Å². The number of methoxy groups -OCH3 is 1. The van der Waals surface area contributed by atoms with Gasteiger partial charge in [-0.15, -0.1) is 0 Å². The summed E-state index contributed by atoms with van der Waals surface area (Å²) in [7, 11) is 1.62. The molecule has 2 aromatic rings. The SMILES string of the molecule is CCOCCNc1c(Nc2ccncn2)nc(N2CCN[C@H](C)C2)nc1C(=N)C(C)OCCOC. The summed E-state index contributed by atoms with van der Waals surface area (Å²) >= 11 is 0. The first-order valence-electron chi connectivity index (χ1n) is 12.0. The number of nitrogens with one attached hydrogen (secondary N) is 4. The highest BCUT2D eigenvalue weighted by Gasteiger charge is 2.26. The third kappa shape index (κ3) is 7.79. The first-order valence-corrected chi connectivity index (χ1v) is 12.0. The van der Waals surface area contributed by atoms with Gasteiger partial charge >= 0.3 is 0 Å². The normalized spacial score (nSPS) is 16.7. The minimum atomic E-state index is -0.491. The molecule has 0 bridgehead atoms. The molecule has 1 fully saturated rings. The molecule has 3 rings (SSSR count). The number of nitrogens with zero attached hydrogens (tertiary/aromatic N) is 5. The highest BCUT2D eigenvalue weighted by molar-refractivity contribution is 6.06. The lowest BCUT2D eigenvalue weighted by molar-refractivity contribution is 0.0551. The molecule has 4 N–H and O–H groups in total. The lowest BCUT2D eigenvalue weighted by atomic mass is 10.1. The molecule has 0 saturated carbocycles. The summed E-state index contributed by atoms with van der Waals surface area (Å²) < 4.78 is 16.4. The Morgan fingerprint density at radius 3 is 2.89 bits per heavy atom. The van der Waals surface area contributed by atoms with Crippen LogP contribution in [-0.2, 0) is 14.2 Å². The zero-order valence-electron chi connectivity index (χ0n) is 21.0. The number of ether oxygens (including phenoxy) is 3. The number of hydrogen-bond acceptors (Lipinski definition) is 12. The van der Waals surface area contributed by atoms with E-state index in [1.807, 2.05) is 13.8 Å². The molecular weight excluding hydrogens is 450 g/mol. The third-order valence-corrected chi connectivity index (χ3v) is 5.45. The second kappa shape index (κ2) is 13.8. The van der Waals surface area contributed by atoms with Gasteiger partial charge in [0.15, 0.2) is 5.82 Å². The van der Waals surface area contributed by atoms with Crippen LogP contribution in [0.25, 0.3) is 0 Å². The van der Waals surface area contributed by atoms with Crippen molar-refractivity contribution >= 4 is 29.0 Å². The van der Waals surface area contributed by atoms with E-state index in [1.165, 1.54) is 6.33 Å². The van der Waals surface area contributed by atoms with Gasteiger partial charge < -0.3 is 40.5 Å². The summed E-state index contributed by atoms with van der Waals surface area (Å²) in [6, 6.07) is 2.06. The van der Waals surface area contributed by atoms with E-state index >= 15 is 0 Å². The van der Waals surface area contributed by atoms with Gasteiger partial charge in [-0.05, 0) is 26.8 Å². The number of hydrogen-bond donors (Lipinski definition) is 4. The van der Waals surface area contributed by atoms with Crippen LogP contribution in [0.1, 0.15) is 26.5 Å². The predicted molar refractivity (Wildman–Crippen MR) is 136 cm³/mol. The van der Waals surface area contributed by atoms with Crippen molar-refractivity contribution in [3.05, 3.63) is 24.3 Å². The van der Waals surface area contributed by atoms with Gasteiger partial charge in [0.1, 0.15) is 23.5 Å². The van der Waals surface area contributed by atoms with Crippen molar-refractivity contribution < 1.29 is 14.2 Å². The van der Waals surface area contributed by atoms with Crippen molar-refractivity contribution in [3.8, 4) is 0 Å². The van der Waals surface area contributed by atoms with Crippen molar-refractivity contribution in [3.63, 3.8) is 0 Å². The maximum atomic E-state index is 8.94. The zero-order chi connectivity index (χ0) is 25.0. The lowest BCUT2D eigenvalue weighted by Gasteiger charge is -2.32. The summed E-state index contributed by atoms with van der Waals surface area (Å²) in [5.74, 6) is 1.67. The van der Waals surface area contributed by atoms with Gasteiger partial charge in [0.2, 0.25) is 5.95 Å². The number of anilines is 4. The van der Waals surface area contributed by atoms with Gasteiger partial charge in [-0.1, -0.05) is 0 Å². The average molecular weight is 488 g/mol. The Morgan fingerprint density at radius 2 is 2.17 bits per heavy atom. The summed E-state index contributed by atoms with van der Waals surface area (Å²) in [5.41, 5.74) is 1.32. The van der Waals surface area contributed by atoms with Crippen LogP contribution in [0.5, 0.6) is 0 Å². The Hall–Kier alpha value is -2.93. The van der Waals surface area contributed by atoms with Gasteiger partial charge in [0.05, 0.1) is 31.6 Å². The summed E-state index contributed by atoms with van der Waals surface area (Å²) in [4.78, 5) is 20.1. The first kappa shape index (κ1) is 26.7. The summed E-state index contributed by atoms with van der Waals surface area (Å²) in [6.45, 7) is 10.8. The minimum absolute atomic E-state index is 0.248.